The lowest BCUT2D eigenvalue weighted by Crippen LogP contribution is -2.26. The Morgan fingerprint density at radius 1 is 1.47 bits per heavy atom. The van der Waals surface area contributed by atoms with Crippen molar-refractivity contribution in [2.24, 2.45) is 0 Å². The number of methoxy groups -OCH3 is 1. The van der Waals surface area contributed by atoms with Gasteiger partial charge in [-0.1, -0.05) is 12.1 Å². The highest BCUT2D eigenvalue weighted by atomic mass is 16.7. The minimum absolute atomic E-state index is 0.134. The van der Waals surface area contributed by atoms with E-state index in [4.69, 9.17) is 9.57 Å². The second-order valence-electron chi connectivity index (χ2n) is 3.29. The Bertz CT molecular complexity index is 359. The summed E-state index contributed by atoms with van der Waals surface area (Å²) < 4.78 is 5.12. The molecule has 0 bridgehead atoms. The Morgan fingerprint density at radius 2 is 2.27 bits per heavy atom. The number of hydrogen-bond acceptors (Lipinski definition) is 3. The normalized spacial score (nSPS) is 15.4. The van der Waals surface area contributed by atoms with E-state index in [1.165, 1.54) is 5.06 Å². The van der Waals surface area contributed by atoms with Gasteiger partial charge < -0.3 is 4.74 Å². The monoisotopic (exact) mass is 207 g/mol. The zero-order valence-corrected chi connectivity index (χ0v) is 8.60. The molecule has 1 amide bonds. The van der Waals surface area contributed by atoms with Crippen LogP contribution in [0.1, 0.15) is 16.8 Å². The molecule has 0 spiro atoms. The molecule has 1 aliphatic rings. The van der Waals surface area contributed by atoms with E-state index in [0.29, 0.717) is 24.5 Å². The third-order valence-corrected chi connectivity index (χ3v) is 2.32. The smallest absolute Gasteiger partial charge is 0.281 e. The summed E-state index contributed by atoms with van der Waals surface area (Å²) in [6.07, 6.45) is 0.890. The molecular weight excluding hydrogens is 194 g/mol. The maximum absolute atomic E-state index is 11.9. The van der Waals surface area contributed by atoms with Crippen LogP contribution in [0.25, 0.3) is 0 Å². The van der Waals surface area contributed by atoms with E-state index in [0.717, 1.165) is 6.42 Å². The number of hydroxylamine groups is 2. The van der Waals surface area contributed by atoms with Gasteiger partial charge in [0.05, 0.1) is 25.8 Å². The van der Waals surface area contributed by atoms with Crippen molar-refractivity contribution in [2.45, 2.75) is 6.42 Å². The number of benzene rings is 1. The van der Waals surface area contributed by atoms with Gasteiger partial charge in [0.25, 0.3) is 5.91 Å². The molecule has 0 radical (unpaired) electrons. The van der Waals surface area contributed by atoms with Gasteiger partial charge in [-0.3, -0.25) is 9.63 Å². The Kier molecular flexibility index (Phi) is 2.87. The number of para-hydroxylation sites is 1. The van der Waals surface area contributed by atoms with Crippen molar-refractivity contribution in [1.29, 1.82) is 0 Å². The molecule has 0 aliphatic carbocycles. The molecule has 4 heteroatoms. The second kappa shape index (κ2) is 4.31. The maximum atomic E-state index is 11.9. The van der Waals surface area contributed by atoms with Crippen molar-refractivity contribution < 1.29 is 14.4 Å². The van der Waals surface area contributed by atoms with E-state index in [2.05, 4.69) is 0 Å². The zero-order valence-electron chi connectivity index (χ0n) is 8.60. The van der Waals surface area contributed by atoms with E-state index in [1.54, 1.807) is 19.2 Å². The quantitative estimate of drug-likeness (QED) is 0.737. The number of ether oxygens (including phenoxy) is 1. The highest BCUT2D eigenvalue weighted by molar-refractivity contribution is 5.96. The molecule has 4 nitrogen and oxygen atoms in total. The number of carbonyl (C=O) groups excluding carboxylic acids is 1. The SMILES string of the molecule is COc1ccccc1C(=O)N1CCCO1. The first kappa shape index (κ1) is 9.98. The Morgan fingerprint density at radius 3 is 2.93 bits per heavy atom. The van der Waals surface area contributed by atoms with Gasteiger partial charge in [0.15, 0.2) is 0 Å². The summed E-state index contributed by atoms with van der Waals surface area (Å²) in [6.45, 7) is 1.26. The average molecular weight is 207 g/mol. The molecule has 0 unspecified atom stereocenters. The van der Waals surface area contributed by atoms with Crippen LogP contribution in [-0.4, -0.2) is 31.2 Å². The van der Waals surface area contributed by atoms with Crippen LogP contribution in [0.5, 0.6) is 5.75 Å². The van der Waals surface area contributed by atoms with E-state index < -0.39 is 0 Å². The van der Waals surface area contributed by atoms with E-state index in [-0.39, 0.29) is 5.91 Å². The van der Waals surface area contributed by atoms with Crippen molar-refractivity contribution in [1.82, 2.24) is 5.06 Å². The number of rotatable bonds is 2. The highest BCUT2D eigenvalue weighted by Crippen LogP contribution is 2.20. The molecule has 1 saturated heterocycles. The van der Waals surface area contributed by atoms with Crippen molar-refractivity contribution >= 4 is 5.91 Å². The van der Waals surface area contributed by atoms with Gasteiger partial charge in [-0.05, 0) is 18.6 Å². The van der Waals surface area contributed by atoms with Crippen molar-refractivity contribution in [3.8, 4) is 5.75 Å². The van der Waals surface area contributed by atoms with E-state index in [1.807, 2.05) is 12.1 Å². The van der Waals surface area contributed by atoms with Crippen LogP contribution >= 0.6 is 0 Å². The van der Waals surface area contributed by atoms with Gasteiger partial charge >= 0.3 is 0 Å². The summed E-state index contributed by atoms with van der Waals surface area (Å²) in [5.41, 5.74) is 0.543. The molecule has 1 fully saturated rings. The fraction of sp³-hybridized carbons (Fsp3) is 0.364. The van der Waals surface area contributed by atoms with Gasteiger partial charge in [-0.25, -0.2) is 5.06 Å². The fourth-order valence-corrected chi connectivity index (χ4v) is 1.56. The van der Waals surface area contributed by atoms with Crippen molar-refractivity contribution in [3.63, 3.8) is 0 Å². The molecule has 0 aromatic heterocycles. The van der Waals surface area contributed by atoms with Crippen molar-refractivity contribution in [3.05, 3.63) is 29.8 Å². The number of hydrogen-bond donors (Lipinski definition) is 0. The van der Waals surface area contributed by atoms with Crippen LogP contribution in [0, 0.1) is 0 Å². The van der Waals surface area contributed by atoms with Crippen molar-refractivity contribution in [2.75, 3.05) is 20.3 Å². The molecule has 2 rings (SSSR count). The molecule has 80 valence electrons. The van der Waals surface area contributed by atoms with Crippen LogP contribution in [0.2, 0.25) is 0 Å². The third kappa shape index (κ3) is 1.94. The molecule has 0 saturated carbocycles. The second-order valence-corrected chi connectivity index (χ2v) is 3.29. The molecule has 15 heavy (non-hydrogen) atoms. The Balaban J connectivity index is 2.24. The molecule has 0 atom stereocenters. The fourth-order valence-electron chi connectivity index (χ4n) is 1.56. The van der Waals surface area contributed by atoms with Gasteiger partial charge in [0.2, 0.25) is 0 Å². The molecule has 0 N–H and O–H groups in total. The molecule has 1 heterocycles. The summed E-state index contributed by atoms with van der Waals surface area (Å²) in [5, 5.41) is 1.39. The van der Waals surface area contributed by atoms with E-state index in [9.17, 15) is 4.79 Å². The van der Waals surface area contributed by atoms with E-state index >= 15 is 0 Å². The Labute approximate surface area is 88.4 Å². The summed E-state index contributed by atoms with van der Waals surface area (Å²) in [6, 6.07) is 7.15. The lowest BCUT2D eigenvalue weighted by Gasteiger charge is -2.15. The molecule has 1 aromatic carbocycles. The molecular formula is C11H13NO3. The number of carbonyl (C=O) groups is 1. The summed E-state index contributed by atoms with van der Waals surface area (Å²) in [7, 11) is 1.55. The molecule has 1 aliphatic heterocycles. The average Bonchev–Trinajstić information content (AvgIpc) is 2.81. The molecule has 1 aromatic rings. The standard InChI is InChI=1S/C11H13NO3/c1-14-10-6-3-2-5-9(10)11(13)12-7-4-8-15-12/h2-3,5-6H,4,7-8H2,1H3. The zero-order chi connectivity index (χ0) is 10.7. The highest BCUT2D eigenvalue weighted by Gasteiger charge is 2.23. The van der Waals surface area contributed by atoms with Crippen LogP contribution in [-0.2, 0) is 4.84 Å². The lowest BCUT2D eigenvalue weighted by molar-refractivity contribution is -0.0769. The first-order valence-electron chi connectivity index (χ1n) is 4.90. The van der Waals surface area contributed by atoms with Gasteiger partial charge in [-0.15, -0.1) is 0 Å². The first-order valence-corrected chi connectivity index (χ1v) is 4.90. The van der Waals surface area contributed by atoms with Gasteiger partial charge in [-0.2, -0.15) is 0 Å². The van der Waals surface area contributed by atoms with Gasteiger partial charge in [0, 0.05) is 0 Å². The van der Waals surface area contributed by atoms with Crippen LogP contribution in [0.15, 0.2) is 24.3 Å². The largest absolute Gasteiger partial charge is 0.496 e. The summed E-state index contributed by atoms with van der Waals surface area (Å²) in [5.74, 6) is 0.447. The van der Waals surface area contributed by atoms with Crippen LogP contribution in [0.3, 0.4) is 0 Å². The maximum Gasteiger partial charge on any atom is 0.281 e. The predicted molar refractivity (Wildman–Crippen MR) is 54.6 cm³/mol. The summed E-state index contributed by atoms with van der Waals surface area (Å²) in [4.78, 5) is 17.1. The third-order valence-electron chi connectivity index (χ3n) is 2.32. The van der Waals surface area contributed by atoms with Crippen LogP contribution in [0.4, 0.5) is 0 Å². The Hall–Kier alpha value is -1.55. The summed E-state index contributed by atoms with van der Waals surface area (Å²) >= 11 is 0. The van der Waals surface area contributed by atoms with Crippen LogP contribution < -0.4 is 4.74 Å². The minimum atomic E-state index is -0.134. The topological polar surface area (TPSA) is 38.8 Å². The number of amides is 1. The predicted octanol–water partition coefficient (Wildman–Crippen LogP) is 1.47. The minimum Gasteiger partial charge on any atom is -0.496 e. The first-order chi connectivity index (χ1) is 7.33. The van der Waals surface area contributed by atoms with Gasteiger partial charge in [0.1, 0.15) is 5.75 Å². The number of nitrogens with zero attached hydrogens (tertiary/aromatic N) is 1. The lowest BCUT2D eigenvalue weighted by atomic mass is 10.2.